The van der Waals surface area contributed by atoms with E-state index in [1.807, 2.05) is 4.68 Å². The van der Waals surface area contributed by atoms with Gasteiger partial charge in [-0.1, -0.05) is 15.9 Å². The summed E-state index contributed by atoms with van der Waals surface area (Å²) in [5.41, 5.74) is 2.26. The molecule has 0 saturated carbocycles. The molecule has 0 N–H and O–H groups in total. The molecule has 1 aromatic heterocycles. The van der Waals surface area contributed by atoms with Gasteiger partial charge in [0.25, 0.3) is 0 Å². The molecule has 0 unspecified atom stereocenters. The largest absolute Gasteiger partial charge is 0.357 e. The van der Waals surface area contributed by atoms with E-state index in [1.165, 1.54) is 18.4 Å². The van der Waals surface area contributed by atoms with Crippen LogP contribution < -0.4 is 0 Å². The van der Waals surface area contributed by atoms with Crippen LogP contribution in [0.1, 0.15) is 31.1 Å². The van der Waals surface area contributed by atoms with Gasteiger partial charge in [0.2, 0.25) is 0 Å². The van der Waals surface area contributed by atoms with E-state index in [2.05, 4.69) is 46.3 Å². The standard InChI is InChI=1S/C13H15BrN2O/c1-9-6-12-10(7-11(9)14)8-16(15-12)13-4-2-3-5-17-13/h6-8,13H,2-5H2,1H3/t13-/m0/s1. The first-order chi connectivity index (χ1) is 8.24. The number of rotatable bonds is 1. The van der Waals surface area contributed by atoms with Gasteiger partial charge in [-0.15, -0.1) is 0 Å². The predicted octanol–water partition coefficient (Wildman–Crippen LogP) is 3.81. The minimum absolute atomic E-state index is 0.121. The van der Waals surface area contributed by atoms with Gasteiger partial charge in [-0.3, -0.25) is 0 Å². The lowest BCUT2D eigenvalue weighted by Crippen LogP contribution is -2.18. The van der Waals surface area contributed by atoms with E-state index in [4.69, 9.17) is 4.74 Å². The Morgan fingerprint density at radius 2 is 2.29 bits per heavy atom. The molecular formula is C13H15BrN2O. The van der Waals surface area contributed by atoms with Crippen molar-refractivity contribution < 1.29 is 4.74 Å². The summed E-state index contributed by atoms with van der Waals surface area (Å²) >= 11 is 3.55. The van der Waals surface area contributed by atoms with Crippen LogP contribution in [0, 0.1) is 6.92 Å². The topological polar surface area (TPSA) is 27.1 Å². The fourth-order valence-corrected chi connectivity index (χ4v) is 2.61. The summed E-state index contributed by atoms with van der Waals surface area (Å²) in [7, 11) is 0. The van der Waals surface area contributed by atoms with Gasteiger partial charge in [-0.2, -0.15) is 5.10 Å². The Bertz CT molecular complexity index is 505. The monoisotopic (exact) mass is 294 g/mol. The third-order valence-electron chi connectivity index (χ3n) is 3.25. The van der Waals surface area contributed by atoms with Gasteiger partial charge < -0.3 is 4.74 Å². The third kappa shape index (κ3) is 2.11. The van der Waals surface area contributed by atoms with E-state index in [0.29, 0.717) is 0 Å². The molecule has 2 heterocycles. The average molecular weight is 295 g/mol. The second-order valence-corrected chi connectivity index (χ2v) is 5.44. The Kier molecular flexibility index (Phi) is 2.92. The van der Waals surface area contributed by atoms with Crippen LogP contribution in [-0.2, 0) is 4.74 Å². The van der Waals surface area contributed by atoms with Crippen LogP contribution in [0.5, 0.6) is 0 Å². The van der Waals surface area contributed by atoms with E-state index in [0.717, 1.165) is 28.4 Å². The molecule has 4 heteroatoms. The van der Waals surface area contributed by atoms with E-state index in [9.17, 15) is 0 Å². The number of hydrogen-bond donors (Lipinski definition) is 0. The molecule has 3 rings (SSSR count). The Hall–Kier alpha value is -0.870. The van der Waals surface area contributed by atoms with E-state index >= 15 is 0 Å². The summed E-state index contributed by atoms with van der Waals surface area (Å²) in [6, 6.07) is 4.23. The molecule has 90 valence electrons. The molecule has 17 heavy (non-hydrogen) atoms. The van der Waals surface area contributed by atoms with E-state index < -0.39 is 0 Å². The maximum absolute atomic E-state index is 5.74. The Labute approximate surface area is 109 Å². The van der Waals surface area contributed by atoms with E-state index in [-0.39, 0.29) is 6.23 Å². The van der Waals surface area contributed by atoms with Gasteiger partial charge in [0.15, 0.2) is 0 Å². The molecular weight excluding hydrogens is 280 g/mol. The first kappa shape index (κ1) is 11.2. The van der Waals surface area contributed by atoms with Crippen molar-refractivity contribution in [2.45, 2.75) is 32.4 Å². The van der Waals surface area contributed by atoms with Crippen molar-refractivity contribution in [2.24, 2.45) is 0 Å². The lowest BCUT2D eigenvalue weighted by atomic mass is 10.2. The van der Waals surface area contributed by atoms with Gasteiger partial charge in [0, 0.05) is 22.7 Å². The molecule has 2 aromatic rings. The molecule has 0 amide bonds. The number of aryl methyl sites for hydroxylation is 1. The van der Waals surface area contributed by atoms with Gasteiger partial charge in [-0.25, -0.2) is 4.68 Å². The number of benzene rings is 1. The number of aromatic nitrogens is 2. The lowest BCUT2D eigenvalue weighted by molar-refractivity contribution is -0.0390. The smallest absolute Gasteiger partial charge is 0.150 e. The predicted molar refractivity (Wildman–Crippen MR) is 71.0 cm³/mol. The third-order valence-corrected chi connectivity index (χ3v) is 4.11. The van der Waals surface area contributed by atoms with Gasteiger partial charge >= 0.3 is 0 Å². The van der Waals surface area contributed by atoms with Crippen molar-refractivity contribution in [3.63, 3.8) is 0 Å². The molecule has 0 spiro atoms. The van der Waals surface area contributed by atoms with Crippen molar-refractivity contribution in [1.29, 1.82) is 0 Å². The summed E-state index contributed by atoms with van der Waals surface area (Å²) in [6.07, 6.45) is 5.66. The van der Waals surface area contributed by atoms with Crippen LogP contribution >= 0.6 is 15.9 Å². The second kappa shape index (κ2) is 4.42. The maximum Gasteiger partial charge on any atom is 0.150 e. The number of nitrogens with zero attached hydrogens (tertiary/aromatic N) is 2. The highest BCUT2D eigenvalue weighted by Crippen LogP contribution is 2.27. The quantitative estimate of drug-likeness (QED) is 0.800. The molecule has 0 radical (unpaired) electrons. The van der Waals surface area contributed by atoms with Crippen molar-refractivity contribution in [1.82, 2.24) is 9.78 Å². The molecule has 1 fully saturated rings. The van der Waals surface area contributed by atoms with E-state index in [1.54, 1.807) is 0 Å². The number of ether oxygens (including phenoxy) is 1. The van der Waals surface area contributed by atoms with Gasteiger partial charge in [0.05, 0.1) is 5.52 Å². The van der Waals surface area contributed by atoms with Crippen LogP contribution in [0.4, 0.5) is 0 Å². The lowest BCUT2D eigenvalue weighted by Gasteiger charge is -2.22. The first-order valence-corrected chi connectivity index (χ1v) is 6.80. The summed E-state index contributed by atoms with van der Waals surface area (Å²) in [5.74, 6) is 0. The Morgan fingerprint density at radius 3 is 3.06 bits per heavy atom. The molecule has 0 bridgehead atoms. The Morgan fingerprint density at radius 1 is 1.41 bits per heavy atom. The second-order valence-electron chi connectivity index (χ2n) is 4.59. The molecule has 1 aliphatic rings. The molecule has 3 nitrogen and oxygen atoms in total. The Balaban J connectivity index is 2.00. The molecule has 1 aliphatic heterocycles. The molecule has 1 atom stereocenters. The van der Waals surface area contributed by atoms with Gasteiger partial charge in [-0.05, 0) is 43.9 Å². The number of fused-ring (bicyclic) bond motifs is 1. The normalized spacial score (nSPS) is 20.9. The highest BCUT2D eigenvalue weighted by atomic mass is 79.9. The summed E-state index contributed by atoms with van der Waals surface area (Å²) in [5, 5.41) is 5.77. The van der Waals surface area contributed by atoms with Crippen molar-refractivity contribution in [3.8, 4) is 0 Å². The molecule has 1 saturated heterocycles. The SMILES string of the molecule is Cc1cc2nn([C@@H]3CCCCO3)cc2cc1Br. The zero-order valence-corrected chi connectivity index (χ0v) is 11.4. The van der Waals surface area contributed by atoms with Gasteiger partial charge in [0.1, 0.15) is 6.23 Å². The maximum atomic E-state index is 5.74. The van der Waals surface area contributed by atoms with Crippen LogP contribution in [-0.4, -0.2) is 16.4 Å². The summed E-state index contributed by atoms with van der Waals surface area (Å²) in [6.45, 7) is 2.93. The van der Waals surface area contributed by atoms with Crippen LogP contribution in [0.3, 0.4) is 0 Å². The summed E-state index contributed by atoms with van der Waals surface area (Å²) < 4.78 is 8.84. The highest BCUT2D eigenvalue weighted by Gasteiger charge is 2.17. The molecule has 0 aliphatic carbocycles. The zero-order valence-electron chi connectivity index (χ0n) is 9.82. The average Bonchev–Trinajstić information content (AvgIpc) is 2.74. The van der Waals surface area contributed by atoms with Crippen molar-refractivity contribution >= 4 is 26.8 Å². The number of halogens is 1. The molecule has 1 aromatic carbocycles. The minimum Gasteiger partial charge on any atom is -0.357 e. The van der Waals surface area contributed by atoms with Crippen molar-refractivity contribution in [3.05, 3.63) is 28.4 Å². The number of hydrogen-bond acceptors (Lipinski definition) is 2. The summed E-state index contributed by atoms with van der Waals surface area (Å²) in [4.78, 5) is 0. The highest BCUT2D eigenvalue weighted by molar-refractivity contribution is 9.10. The first-order valence-electron chi connectivity index (χ1n) is 6.00. The van der Waals surface area contributed by atoms with Crippen molar-refractivity contribution in [2.75, 3.05) is 6.61 Å². The zero-order chi connectivity index (χ0) is 11.8. The fraction of sp³-hybridized carbons (Fsp3) is 0.462. The fourth-order valence-electron chi connectivity index (χ4n) is 2.25. The van der Waals surface area contributed by atoms with Crippen LogP contribution in [0.25, 0.3) is 10.9 Å². The van der Waals surface area contributed by atoms with Crippen LogP contribution in [0.2, 0.25) is 0 Å². The van der Waals surface area contributed by atoms with Crippen LogP contribution in [0.15, 0.2) is 22.8 Å². The minimum atomic E-state index is 0.121.